The van der Waals surface area contributed by atoms with Gasteiger partial charge in [-0.25, -0.2) is 0 Å². The molecule has 0 aromatic heterocycles. The van der Waals surface area contributed by atoms with Gasteiger partial charge in [0, 0.05) is 26.4 Å². The van der Waals surface area contributed by atoms with Crippen molar-refractivity contribution in [3.63, 3.8) is 0 Å². The molecule has 1 N–H and O–H groups in total. The molecule has 0 heterocycles. The van der Waals surface area contributed by atoms with Crippen LogP contribution < -0.4 is 5.32 Å². The average Bonchev–Trinajstić information content (AvgIpc) is 2.35. The Hall–Kier alpha value is -0.160. The third-order valence-corrected chi connectivity index (χ3v) is 2.28. The molecule has 0 unspecified atom stereocenters. The summed E-state index contributed by atoms with van der Waals surface area (Å²) in [5, 5.41) is 3.31. The van der Waals surface area contributed by atoms with Crippen molar-refractivity contribution in [2.75, 3.05) is 52.7 Å². The van der Waals surface area contributed by atoms with E-state index in [-0.39, 0.29) is 0 Å². The summed E-state index contributed by atoms with van der Waals surface area (Å²) in [4.78, 5) is 0. The fourth-order valence-electron chi connectivity index (χ4n) is 1.28. The van der Waals surface area contributed by atoms with Gasteiger partial charge in [-0.2, -0.15) is 0 Å². The van der Waals surface area contributed by atoms with Gasteiger partial charge in [0.05, 0.1) is 19.8 Å². The summed E-state index contributed by atoms with van der Waals surface area (Å²) in [6.07, 6.45) is 3.39. The molecule has 0 amide bonds. The van der Waals surface area contributed by atoms with Gasteiger partial charge in [0.25, 0.3) is 0 Å². The maximum absolute atomic E-state index is 5.42. The monoisotopic (exact) mass is 247 g/mol. The van der Waals surface area contributed by atoms with Crippen LogP contribution in [-0.2, 0) is 14.2 Å². The predicted octanol–water partition coefficient (Wildman–Crippen LogP) is 1.84. The van der Waals surface area contributed by atoms with E-state index in [0.29, 0.717) is 13.2 Å². The molecule has 4 heteroatoms. The van der Waals surface area contributed by atoms with E-state index in [1.165, 1.54) is 6.42 Å². The van der Waals surface area contributed by atoms with E-state index in [1.807, 2.05) is 6.92 Å². The van der Waals surface area contributed by atoms with Crippen molar-refractivity contribution in [1.82, 2.24) is 5.32 Å². The number of ether oxygens (including phenoxy) is 3. The molecule has 0 radical (unpaired) electrons. The minimum Gasteiger partial charge on any atom is -0.382 e. The van der Waals surface area contributed by atoms with Gasteiger partial charge in [0.2, 0.25) is 0 Å². The summed E-state index contributed by atoms with van der Waals surface area (Å²) >= 11 is 0. The number of hydrogen-bond acceptors (Lipinski definition) is 4. The molecule has 0 spiro atoms. The molecule has 0 aromatic rings. The molecule has 0 saturated carbocycles. The summed E-state index contributed by atoms with van der Waals surface area (Å²) in [5.74, 6) is 0. The number of rotatable bonds is 14. The van der Waals surface area contributed by atoms with Crippen LogP contribution in [0.2, 0.25) is 0 Å². The molecule has 0 fully saturated rings. The second kappa shape index (κ2) is 15.8. The first-order valence-electron chi connectivity index (χ1n) is 6.85. The topological polar surface area (TPSA) is 39.7 Å². The predicted molar refractivity (Wildman–Crippen MR) is 70.5 cm³/mol. The van der Waals surface area contributed by atoms with Crippen molar-refractivity contribution in [2.45, 2.75) is 33.1 Å². The number of hydrogen-bond donors (Lipinski definition) is 1. The molecular formula is C13H29NO3. The Kier molecular flexibility index (Phi) is 15.7. The molecule has 0 saturated heterocycles. The molecule has 0 bridgehead atoms. The van der Waals surface area contributed by atoms with Crippen molar-refractivity contribution in [1.29, 1.82) is 0 Å². The summed E-state index contributed by atoms with van der Waals surface area (Å²) in [6, 6.07) is 0. The molecule has 0 aromatic carbocycles. The van der Waals surface area contributed by atoms with Crippen molar-refractivity contribution in [3.05, 3.63) is 0 Å². The molecule has 0 aliphatic carbocycles. The highest BCUT2D eigenvalue weighted by Crippen LogP contribution is 1.87. The third-order valence-electron chi connectivity index (χ3n) is 2.28. The maximum Gasteiger partial charge on any atom is 0.0701 e. The second-order valence-electron chi connectivity index (χ2n) is 3.88. The van der Waals surface area contributed by atoms with Crippen LogP contribution in [0.1, 0.15) is 33.1 Å². The van der Waals surface area contributed by atoms with E-state index in [9.17, 15) is 0 Å². The van der Waals surface area contributed by atoms with Gasteiger partial charge in [-0.15, -0.1) is 0 Å². The highest BCUT2D eigenvalue weighted by atomic mass is 16.5. The van der Waals surface area contributed by atoms with Gasteiger partial charge < -0.3 is 19.5 Å². The zero-order valence-corrected chi connectivity index (χ0v) is 11.5. The molecule has 104 valence electrons. The van der Waals surface area contributed by atoms with Crippen molar-refractivity contribution >= 4 is 0 Å². The van der Waals surface area contributed by atoms with Crippen LogP contribution in [0.3, 0.4) is 0 Å². The summed E-state index contributed by atoms with van der Waals surface area (Å²) < 4.78 is 16.0. The van der Waals surface area contributed by atoms with Gasteiger partial charge in [0.15, 0.2) is 0 Å². The van der Waals surface area contributed by atoms with E-state index in [4.69, 9.17) is 14.2 Å². The second-order valence-corrected chi connectivity index (χ2v) is 3.88. The van der Waals surface area contributed by atoms with Crippen LogP contribution in [0.25, 0.3) is 0 Å². The highest BCUT2D eigenvalue weighted by molar-refractivity contribution is 4.46. The molecule has 0 aliphatic heterocycles. The van der Waals surface area contributed by atoms with Gasteiger partial charge in [0.1, 0.15) is 0 Å². The smallest absolute Gasteiger partial charge is 0.0701 e. The fraction of sp³-hybridized carbons (Fsp3) is 1.00. The van der Waals surface area contributed by atoms with Crippen LogP contribution in [0.5, 0.6) is 0 Å². The van der Waals surface area contributed by atoms with E-state index in [2.05, 4.69) is 12.2 Å². The molecule has 4 nitrogen and oxygen atoms in total. The first-order chi connectivity index (χ1) is 8.41. The van der Waals surface area contributed by atoms with Gasteiger partial charge in [-0.1, -0.05) is 13.3 Å². The maximum atomic E-state index is 5.42. The average molecular weight is 247 g/mol. The van der Waals surface area contributed by atoms with Crippen LogP contribution in [0, 0.1) is 0 Å². The Balaban J connectivity index is 2.85. The number of unbranched alkanes of at least 4 members (excludes halogenated alkanes) is 1. The minimum absolute atomic E-state index is 0.699. The quantitative estimate of drug-likeness (QED) is 0.475. The SMILES string of the molecule is CCCCOCCOCCNCCCOCC. The summed E-state index contributed by atoms with van der Waals surface area (Å²) in [6.45, 7) is 10.8. The Morgan fingerprint density at radius 2 is 1.41 bits per heavy atom. The van der Waals surface area contributed by atoms with Crippen LogP contribution in [0.15, 0.2) is 0 Å². The van der Waals surface area contributed by atoms with Crippen molar-refractivity contribution in [3.8, 4) is 0 Å². The van der Waals surface area contributed by atoms with Gasteiger partial charge >= 0.3 is 0 Å². The number of nitrogens with one attached hydrogen (secondary N) is 1. The van der Waals surface area contributed by atoms with Crippen LogP contribution in [0.4, 0.5) is 0 Å². The lowest BCUT2D eigenvalue weighted by Gasteiger charge is -2.07. The van der Waals surface area contributed by atoms with E-state index >= 15 is 0 Å². The van der Waals surface area contributed by atoms with E-state index in [0.717, 1.165) is 52.4 Å². The highest BCUT2D eigenvalue weighted by Gasteiger charge is 1.91. The molecular weight excluding hydrogens is 218 g/mol. The third kappa shape index (κ3) is 15.8. The largest absolute Gasteiger partial charge is 0.382 e. The van der Waals surface area contributed by atoms with Crippen LogP contribution in [-0.4, -0.2) is 52.7 Å². The molecule has 17 heavy (non-hydrogen) atoms. The minimum atomic E-state index is 0.699. The van der Waals surface area contributed by atoms with Gasteiger partial charge in [-0.3, -0.25) is 0 Å². The van der Waals surface area contributed by atoms with Gasteiger partial charge in [-0.05, 0) is 26.3 Å². The Labute approximate surface area is 106 Å². The fourth-order valence-corrected chi connectivity index (χ4v) is 1.28. The van der Waals surface area contributed by atoms with E-state index < -0.39 is 0 Å². The molecule has 0 rings (SSSR count). The normalized spacial score (nSPS) is 10.9. The van der Waals surface area contributed by atoms with E-state index in [1.54, 1.807) is 0 Å². The lowest BCUT2D eigenvalue weighted by atomic mass is 10.4. The van der Waals surface area contributed by atoms with Crippen molar-refractivity contribution in [2.24, 2.45) is 0 Å². The Bertz CT molecular complexity index is 120. The lowest BCUT2D eigenvalue weighted by Crippen LogP contribution is -2.22. The van der Waals surface area contributed by atoms with Crippen LogP contribution >= 0.6 is 0 Å². The zero-order chi connectivity index (χ0) is 12.6. The Morgan fingerprint density at radius 3 is 2.12 bits per heavy atom. The molecule has 0 atom stereocenters. The lowest BCUT2D eigenvalue weighted by molar-refractivity contribution is 0.0476. The molecule has 0 aliphatic rings. The first kappa shape index (κ1) is 16.8. The Morgan fingerprint density at radius 1 is 0.706 bits per heavy atom. The standard InChI is InChI=1S/C13H29NO3/c1-3-5-9-16-12-13-17-11-8-14-7-6-10-15-4-2/h14H,3-13H2,1-2H3. The summed E-state index contributed by atoms with van der Waals surface area (Å²) in [7, 11) is 0. The summed E-state index contributed by atoms with van der Waals surface area (Å²) in [5.41, 5.74) is 0. The first-order valence-corrected chi connectivity index (χ1v) is 6.85. The van der Waals surface area contributed by atoms with Crippen molar-refractivity contribution < 1.29 is 14.2 Å². The zero-order valence-electron chi connectivity index (χ0n) is 11.5.